The van der Waals surface area contributed by atoms with Crippen molar-refractivity contribution in [3.63, 3.8) is 0 Å². The van der Waals surface area contributed by atoms with Crippen LogP contribution in [0.2, 0.25) is 0 Å². The molecule has 2 aliphatic heterocycles. The second-order valence-electron chi connectivity index (χ2n) is 17.7. The summed E-state index contributed by atoms with van der Waals surface area (Å²) in [6, 6.07) is 6.42. The number of pyridine rings is 1. The fraction of sp³-hybridized carbons (Fsp3) is 0.500. The van der Waals surface area contributed by atoms with Gasteiger partial charge in [0, 0.05) is 40.8 Å². The van der Waals surface area contributed by atoms with Crippen LogP contribution in [0.15, 0.2) is 58.4 Å². The van der Waals surface area contributed by atoms with Crippen molar-refractivity contribution in [1.82, 2.24) is 25.5 Å². The Balaban J connectivity index is 1.15. The molecule has 348 valence electrons. The number of halogens is 3. The Morgan fingerprint density at radius 2 is 1.80 bits per heavy atom. The lowest BCUT2D eigenvalue weighted by Gasteiger charge is -2.31. The molecule has 2 saturated carbocycles. The van der Waals surface area contributed by atoms with Gasteiger partial charge in [-0.1, -0.05) is 31.1 Å². The normalized spacial score (nSPS) is 25.0. The van der Waals surface area contributed by atoms with Crippen LogP contribution in [0.4, 0.5) is 18.7 Å². The molecule has 3 fully saturated rings. The molecule has 1 saturated heterocycles. The van der Waals surface area contributed by atoms with Gasteiger partial charge < -0.3 is 40.0 Å². The molecule has 4 aromatic rings. The van der Waals surface area contributed by atoms with E-state index in [0.29, 0.717) is 62.7 Å². The van der Waals surface area contributed by atoms with Gasteiger partial charge in [0.05, 0.1) is 35.5 Å². The highest BCUT2D eigenvalue weighted by Gasteiger charge is 2.66. The maximum atomic E-state index is 15.0. The summed E-state index contributed by atoms with van der Waals surface area (Å²) in [5, 5.41) is 10.4. The first-order chi connectivity index (χ1) is 31.2. The van der Waals surface area contributed by atoms with Crippen molar-refractivity contribution < 1.29 is 46.8 Å². The third-order valence-corrected chi connectivity index (χ3v) is 16.8. The van der Waals surface area contributed by atoms with Crippen molar-refractivity contribution in [1.29, 1.82) is 0 Å². The number of anilines is 1. The molecule has 65 heavy (non-hydrogen) atoms. The van der Waals surface area contributed by atoms with Crippen LogP contribution in [-0.2, 0) is 25.1 Å². The Kier molecular flexibility index (Phi) is 14.2. The number of rotatable bonds is 11. The number of hydrogen-bond donors (Lipinski definition) is 4. The van der Waals surface area contributed by atoms with E-state index in [-0.39, 0.29) is 38.0 Å². The minimum Gasteiger partial charge on any atom is -0.495 e. The first kappa shape index (κ1) is 46.9. The maximum Gasteiger partial charge on any atom is 0.408 e. The van der Waals surface area contributed by atoms with Crippen molar-refractivity contribution in [2.75, 3.05) is 19.0 Å². The predicted octanol–water partition coefficient (Wildman–Crippen LogP) is 9.44. The summed E-state index contributed by atoms with van der Waals surface area (Å²) in [5.74, 6) is -2.88. The monoisotopic (exact) mass is 998 g/mol. The predicted molar refractivity (Wildman–Crippen MR) is 247 cm³/mol. The van der Waals surface area contributed by atoms with Gasteiger partial charge in [0.15, 0.2) is 5.13 Å². The fourth-order valence-electron chi connectivity index (χ4n) is 9.17. The number of alkyl carbamates (subject to hydrolysis) is 1. The molecular weight excluding hydrogens is 945 g/mol. The standard InChI is InChI=1S/C46H54BrF2N6O8PS/c1-26(2)50-44-52-36(25-65-44)35-21-39(30-18-19-38(61-3)40(47)41(30)51-35)62-29-20-37-42(56)54-46(64(59,60)24-31-32(48)15-11-16-33(31)49)22-27(46)12-7-5-4-6-8-17-34(43(57)55(37)23-29)53-45(58)63-28-13-9-10-14-28/h7,11-12,15-16,18-19,21,25-29,34,37H,4-6,8-10,13-14,17,20,22-24H2,1-3H3,(H,50,52)(H,53,58)(H,54,56)(H,59,60)/t27-,29-,34+,37+,46+/m1/s1. The minimum atomic E-state index is -4.60. The van der Waals surface area contributed by atoms with E-state index in [0.717, 1.165) is 44.2 Å². The van der Waals surface area contributed by atoms with Crippen molar-refractivity contribution >= 4 is 68.6 Å². The van der Waals surface area contributed by atoms with E-state index in [1.165, 1.54) is 22.3 Å². The lowest BCUT2D eigenvalue weighted by atomic mass is 10.0. The molecular formula is C46H54BrF2N6O8PS. The van der Waals surface area contributed by atoms with Crippen LogP contribution in [-0.4, -0.2) is 86.9 Å². The zero-order chi connectivity index (χ0) is 46.0. The summed E-state index contributed by atoms with van der Waals surface area (Å²) in [5.41, 5.74) is 1.07. The Labute approximate surface area is 388 Å². The molecule has 0 bridgehead atoms. The molecule has 2 aromatic carbocycles. The third-order valence-electron chi connectivity index (χ3n) is 12.7. The number of thiazole rings is 1. The summed E-state index contributed by atoms with van der Waals surface area (Å²) in [6.07, 6.45) is 7.36. The van der Waals surface area contributed by atoms with Crippen LogP contribution in [0.25, 0.3) is 22.3 Å². The molecule has 4 heterocycles. The van der Waals surface area contributed by atoms with Crippen molar-refractivity contribution in [3.8, 4) is 22.9 Å². The van der Waals surface area contributed by atoms with E-state index >= 15 is 0 Å². The zero-order valence-corrected chi connectivity index (χ0v) is 39.8. The molecule has 1 unspecified atom stereocenters. The fourth-order valence-corrected chi connectivity index (χ4v) is 13.0. The number of nitrogens with zero attached hydrogens (tertiary/aromatic N) is 3. The number of carbonyl (C=O) groups excluding carboxylic acids is 3. The molecule has 4 aliphatic rings. The van der Waals surface area contributed by atoms with E-state index in [2.05, 4.69) is 31.9 Å². The Morgan fingerprint density at radius 3 is 2.54 bits per heavy atom. The Hall–Kier alpha value is -4.64. The molecule has 19 heteroatoms. The van der Waals surface area contributed by atoms with Crippen LogP contribution in [0, 0.1) is 17.6 Å². The zero-order valence-electron chi connectivity index (χ0n) is 36.5. The largest absolute Gasteiger partial charge is 0.495 e. The highest BCUT2D eigenvalue weighted by molar-refractivity contribution is 9.10. The van der Waals surface area contributed by atoms with E-state index < -0.39 is 78.0 Å². The number of nitrogens with one attached hydrogen (secondary N) is 3. The van der Waals surface area contributed by atoms with Crippen molar-refractivity contribution in [2.24, 2.45) is 5.92 Å². The molecule has 0 radical (unpaired) electrons. The van der Waals surface area contributed by atoms with Gasteiger partial charge in [-0.05, 0) is 105 Å². The molecule has 14 nitrogen and oxygen atoms in total. The maximum absolute atomic E-state index is 15.0. The number of carbonyl (C=O) groups is 3. The van der Waals surface area contributed by atoms with E-state index in [9.17, 15) is 32.6 Å². The molecule has 0 spiro atoms. The molecule has 8 rings (SSSR count). The van der Waals surface area contributed by atoms with Gasteiger partial charge in [-0.25, -0.2) is 23.5 Å². The number of fused-ring (bicyclic) bond motifs is 3. The summed E-state index contributed by atoms with van der Waals surface area (Å²) in [7, 11) is -3.05. The van der Waals surface area contributed by atoms with Gasteiger partial charge in [-0.15, -0.1) is 11.3 Å². The van der Waals surface area contributed by atoms with Gasteiger partial charge in [-0.2, -0.15) is 0 Å². The summed E-state index contributed by atoms with van der Waals surface area (Å²) < 4.78 is 63.1. The summed E-state index contributed by atoms with van der Waals surface area (Å²) >= 11 is 5.09. The quantitative estimate of drug-likeness (QED) is 0.0830. The van der Waals surface area contributed by atoms with Gasteiger partial charge >= 0.3 is 6.09 Å². The SMILES string of the molecule is COc1ccc2c(O[C@@H]3C[C@H]4C(=O)N[C@]5(P(=O)(O)Cc6c(F)cccc6F)C[C@H]5C=CCCCCC[C@H](NC(=O)OC5CCCC5)C(=O)N4C3)cc(-c3csc(NC(C)C)n3)nc2c1Br. The molecule has 3 amide bonds. The average Bonchev–Trinajstić information content (AvgIpc) is 3.68. The van der Waals surface area contributed by atoms with Crippen molar-refractivity contribution in [3.05, 3.63) is 75.6 Å². The van der Waals surface area contributed by atoms with E-state index in [1.54, 1.807) is 25.3 Å². The van der Waals surface area contributed by atoms with Gasteiger partial charge in [0.1, 0.15) is 58.4 Å². The van der Waals surface area contributed by atoms with Crippen LogP contribution in [0.3, 0.4) is 0 Å². The number of amides is 3. The number of hydrogen-bond acceptors (Lipinski definition) is 11. The number of ether oxygens (including phenoxy) is 3. The average molecular weight is 1000 g/mol. The smallest absolute Gasteiger partial charge is 0.408 e. The van der Waals surface area contributed by atoms with E-state index in [4.69, 9.17) is 24.2 Å². The number of allylic oxidation sites excluding steroid dienone is 1. The Bertz CT molecular complexity index is 2500. The second kappa shape index (κ2) is 19.7. The lowest BCUT2D eigenvalue weighted by Crippen LogP contribution is -2.55. The van der Waals surface area contributed by atoms with Gasteiger partial charge in [-0.3, -0.25) is 14.2 Å². The minimum absolute atomic E-state index is 0.0410. The Morgan fingerprint density at radius 1 is 1.05 bits per heavy atom. The van der Waals surface area contributed by atoms with Crippen molar-refractivity contribution in [2.45, 2.75) is 126 Å². The van der Waals surface area contributed by atoms with Crippen LogP contribution in [0.5, 0.6) is 11.5 Å². The highest BCUT2D eigenvalue weighted by Crippen LogP contribution is 2.71. The molecule has 2 aliphatic carbocycles. The summed E-state index contributed by atoms with van der Waals surface area (Å²) in [4.78, 5) is 66.0. The van der Waals surface area contributed by atoms with E-state index in [1.807, 2.05) is 31.4 Å². The first-order valence-electron chi connectivity index (χ1n) is 22.2. The van der Waals surface area contributed by atoms with Crippen LogP contribution in [0.1, 0.15) is 90.0 Å². The molecule has 6 atom stereocenters. The molecule has 2 aromatic heterocycles. The van der Waals surface area contributed by atoms with Crippen LogP contribution < -0.4 is 25.4 Å². The molecule has 4 N–H and O–H groups in total. The van der Waals surface area contributed by atoms with Gasteiger partial charge in [0.2, 0.25) is 19.2 Å². The number of methoxy groups -OCH3 is 1. The van der Waals surface area contributed by atoms with Crippen LogP contribution >= 0.6 is 34.6 Å². The number of aromatic nitrogens is 2. The summed E-state index contributed by atoms with van der Waals surface area (Å²) in [6.45, 7) is 3.94. The lowest BCUT2D eigenvalue weighted by molar-refractivity contribution is -0.140. The third kappa shape index (κ3) is 10.2. The number of benzene rings is 2. The highest BCUT2D eigenvalue weighted by atomic mass is 79.9. The first-order valence-corrected chi connectivity index (χ1v) is 25.8. The second-order valence-corrected chi connectivity index (χ2v) is 21.8. The topological polar surface area (TPSA) is 181 Å². The van der Waals surface area contributed by atoms with Gasteiger partial charge in [0.25, 0.3) is 0 Å².